The van der Waals surface area contributed by atoms with Crippen molar-refractivity contribution in [2.75, 3.05) is 0 Å². The van der Waals surface area contributed by atoms with Crippen LogP contribution in [-0.4, -0.2) is 149 Å². The van der Waals surface area contributed by atoms with E-state index in [-0.39, 0.29) is 194 Å². The largest absolute Gasteiger partial charge is 0 e. The summed E-state index contributed by atoms with van der Waals surface area (Å²) < 4.78 is 0. The molecule has 0 rings (SSSR count). The van der Waals surface area contributed by atoms with Crippen molar-refractivity contribution in [1.29, 1.82) is 0 Å². The van der Waals surface area contributed by atoms with Crippen LogP contribution in [0.1, 0.15) is 0 Å². The van der Waals surface area contributed by atoms with Crippen LogP contribution in [0.2, 0.25) is 0 Å². The van der Waals surface area contributed by atoms with Gasteiger partial charge in [-0.05, 0) is 0 Å². The van der Waals surface area contributed by atoms with Crippen LogP contribution in [0.15, 0.2) is 0 Å². The first-order chi connectivity index (χ1) is 0. The summed E-state index contributed by atoms with van der Waals surface area (Å²) in [6.07, 6.45) is 0. The molecule has 0 aliphatic rings. The predicted octanol–water partition coefficient (Wildman–Crippen LogP) is -3.13. The Labute approximate surface area is 187 Å². The average Bonchev–Trinajstić information content (AvgIpc) is 0. The molecule has 0 amide bonds. The van der Waals surface area contributed by atoms with Crippen molar-refractivity contribution in [2.45, 2.75) is 0 Å². The summed E-state index contributed by atoms with van der Waals surface area (Å²) in [7, 11) is 0. The molecule has 0 saturated carbocycles. The van der Waals surface area contributed by atoms with Crippen LogP contribution in [-0.2, 0) is 44.4 Å². The van der Waals surface area contributed by atoms with E-state index in [2.05, 4.69) is 0 Å². The average molecular weight is 394 g/mol. The molecule has 0 saturated heterocycles. The van der Waals surface area contributed by atoms with E-state index in [1.165, 1.54) is 0 Å². The third-order valence-corrected chi connectivity index (χ3v) is 0. The molecule has 0 N–H and O–H groups in total. The fourth-order valence-electron chi connectivity index (χ4n) is 0. The van der Waals surface area contributed by atoms with Gasteiger partial charge in [0.15, 0.2) is 0 Å². The SMILES string of the molecule is [Al].[BaH2].[CaH2].[Sc].[SrH2].[V]. The maximum absolute atomic E-state index is 0. The Balaban J connectivity index is 0. The second-order valence-electron chi connectivity index (χ2n) is 0. The Hall–Kier alpha value is 6.30. The summed E-state index contributed by atoms with van der Waals surface area (Å²) in [5.74, 6) is 0. The predicted molar refractivity (Wildman–Crippen MR) is 31.4 cm³/mol. The van der Waals surface area contributed by atoms with Gasteiger partial charge < -0.3 is 0 Å². The van der Waals surface area contributed by atoms with E-state index in [0.717, 1.165) is 0 Å². The second kappa shape index (κ2) is 30.2. The molecule has 0 aromatic carbocycles. The number of hydrogen-bond donors (Lipinski definition) is 0. The van der Waals surface area contributed by atoms with Gasteiger partial charge in [-0.2, -0.15) is 0 Å². The Morgan fingerprint density at radius 1 is 1.00 bits per heavy atom. The third-order valence-electron chi connectivity index (χ3n) is 0. The van der Waals surface area contributed by atoms with Gasteiger partial charge in [0.05, 0.1) is 0 Å². The summed E-state index contributed by atoms with van der Waals surface area (Å²) >= 11 is 0. The summed E-state index contributed by atoms with van der Waals surface area (Å²) in [4.78, 5) is 0. The zero-order valence-electron chi connectivity index (χ0n) is 1.60. The topological polar surface area (TPSA) is 0 Å². The number of hydrogen-bond acceptors (Lipinski definition) is 0. The molecule has 0 unspecified atom stereocenters. The quantitative estimate of drug-likeness (QED) is 0.382. The zero-order chi connectivity index (χ0) is 0. The Bertz CT molecular complexity index is 15.5. The van der Waals surface area contributed by atoms with E-state index in [9.17, 15) is 0 Å². The van der Waals surface area contributed by atoms with Crippen LogP contribution in [0.5, 0.6) is 0 Å². The molecule has 0 heterocycles. The first kappa shape index (κ1) is 39.6. The van der Waals surface area contributed by atoms with E-state index in [4.69, 9.17) is 0 Å². The first-order valence-electron chi connectivity index (χ1n) is 0. The minimum absolute atomic E-state index is 0. The van der Waals surface area contributed by atoms with Crippen molar-refractivity contribution in [1.82, 2.24) is 0 Å². The number of rotatable bonds is 0. The van der Waals surface area contributed by atoms with Gasteiger partial charge in [0.25, 0.3) is 0 Å². The van der Waals surface area contributed by atoms with Crippen LogP contribution in [0, 0.1) is 0 Å². The maximum Gasteiger partial charge on any atom is 0 e. The summed E-state index contributed by atoms with van der Waals surface area (Å²) in [5, 5.41) is 0. The van der Waals surface area contributed by atoms with Gasteiger partial charge in [0.1, 0.15) is 0 Å². The van der Waals surface area contributed by atoms with Crippen LogP contribution in [0.4, 0.5) is 0 Å². The Kier molecular flexibility index (Phi) is 199. The van der Waals surface area contributed by atoms with Crippen LogP contribution >= 0.6 is 0 Å². The molecule has 0 aromatic heterocycles. The molecule has 0 aliphatic carbocycles. The van der Waals surface area contributed by atoms with Gasteiger partial charge in [-0.15, -0.1) is 0 Å². The summed E-state index contributed by atoms with van der Waals surface area (Å²) in [6, 6.07) is 0. The molecule has 0 spiro atoms. The molecule has 5 radical (unpaired) electrons. The van der Waals surface area contributed by atoms with Crippen molar-refractivity contribution < 1.29 is 44.4 Å². The minimum atomic E-state index is 0. The van der Waals surface area contributed by atoms with Crippen LogP contribution < -0.4 is 0 Å². The third kappa shape index (κ3) is 22.4. The van der Waals surface area contributed by atoms with Gasteiger partial charge >= 0.3 is 132 Å². The molecular formula is H6AlBaCaScSrV. The second-order valence-corrected chi connectivity index (χ2v) is 0. The molecule has 0 bridgehead atoms. The molecule has 23 valence electrons. The Morgan fingerprint density at radius 2 is 1.00 bits per heavy atom. The first-order valence-corrected chi connectivity index (χ1v) is 0. The van der Waals surface area contributed by atoms with E-state index >= 15 is 0 Å². The molecule has 6 heavy (non-hydrogen) atoms. The summed E-state index contributed by atoms with van der Waals surface area (Å²) in [5.41, 5.74) is 0. The van der Waals surface area contributed by atoms with Crippen molar-refractivity contribution in [3.05, 3.63) is 0 Å². The van der Waals surface area contributed by atoms with Gasteiger partial charge in [0, 0.05) is 61.8 Å². The summed E-state index contributed by atoms with van der Waals surface area (Å²) in [6.45, 7) is 0. The monoisotopic (exact) mass is 395 g/mol. The zero-order valence-corrected chi connectivity index (χ0v) is 5.96. The van der Waals surface area contributed by atoms with Gasteiger partial charge in [0.2, 0.25) is 0 Å². The molecule has 0 aromatic rings. The van der Waals surface area contributed by atoms with Gasteiger partial charge in [-0.1, -0.05) is 0 Å². The van der Waals surface area contributed by atoms with E-state index in [1.807, 2.05) is 0 Å². The molecular weight excluding hydrogens is 388 g/mol. The van der Waals surface area contributed by atoms with E-state index in [1.54, 1.807) is 0 Å². The normalized spacial score (nSPS) is 0. The molecule has 0 atom stereocenters. The molecule has 6 heteroatoms. The van der Waals surface area contributed by atoms with Crippen molar-refractivity contribution >= 4 is 149 Å². The molecule has 0 fully saturated rings. The van der Waals surface area contributed by atoms with E-state index in [0.29, 0.717) is 0 Å². The van der Waals surface area contributed by atoms with Crippen LogP contribution in [0.3, 0.4) is 0 Å². The Morgan fingerprint density at radius 3 is 1.00 bits per heavy atom. The smallest absolute Gasteiger partial charge is 0 e. The molecule has 0 nitrogen and oxygen atoms in total. The minimum Gasteiger partial charge on any atom is 0 e. The van der Waals surface area contributed by atoms with Gasteiger partial charge in [-0.3, -0.25) is 0 Å². The van der Waals surface area contributed by atoms with E-state index < -0.39 is 0 Å². The fraction of sp³-hybridized carbons (Fsp3) is 0. The standard InChI is InChI=1S/Al.Ba.Ca.Sc.Sr.V.6H. The van der Waals surface area contributed by atoms with Gasteiger partial charge in [-0.25, -0.2) is 0 Å². The maximum atomic E-state index is 0. The van der Waals surface area contributed by atoms with Crippen molar-refractivity contribution in [2.24, 2.45) is 0 Å². The van der Waals surface area contributed by atoms with Crippen LogP contribution in [0.25, 0.3) is 0 Å². The van der Waals surface area contributed by atoms with Crippen molar-refractivity contribution in [3.63, 3.8) is 0 Å². The fourth-order valence-corrected chi connectivity index (χ4v) is 0. The van der Waals surface area contributed by atoms with Crippen molar-refractivity contribution in [3.8, 4) is 0 Å². The molecule has 0 aliphatic heterocycles.